The lowest BCUT2D eigenvalue weighted by atomic mass is 9.78. The van der Waals surface area contributed by atoms with E-state index in [9.17, 15) is 32.3 Å². The van der Waals surface area contributed by atoms with Gasteiger partial charge in [0.2, 0.25) is 5.56 Å². The van der Waals surface area contributed by atoms with Crippen LogP contribution in [0.1, 0.15) is 24.0 Å². The molecule has 0 spiro atoms. The van der Waals surface area contributed by atoms with E-state index in [0.717, 1.165) is 42.0 Å². The third-order valence-corrected chi connectivity index (χ3v) is 5.84. The molecule has 2 atom stereocenters. The van der Waals surface area contributed by atoms with Crippen molar-refractivity contribution in [2.45, 2.75) is 24.6 Å². The number of carbonyl (C=O) groups is 1. The largest absolute Gasteiger partial charge is 0.511 e. The van der Waals surface area contributed by atoms with E-state index in [1.165, 1.54) is 31.3 Å². The molecule has 0 amide bonds. The van der Waals surface area contributed by atoms with Crippen LogP contribution < -0.4 is 10.3 Å². The van der Waals surface area contributed by atoms with Gasteiger partial charge in [0.25, 0.3) is 0 Å². The van der Waals surface area contributed by atoms with Gasteiger partial charge in [-0.15, -0.1) is 0 Å². The molecule has 0 fully saturated rings. The number of hydrogen-bond acceptors (Lipinski definition) is 4. The molecule has 6 nitrogen and oxygen atoms in total. The van der Waals surface area contributed by atoms with E-state index in [-0.39, 0.29) is 10.6 Å². The van der Waals surface area contributed by atoms with Crippen molar-refractivity contribution in [1.82, 2.24) is 4.57 Å². The van der Waals surface area contributed by atoms with E-state index in [1.807, 2.05) is 0 Å². The summed E-state index contributed by atoms with van der Waals surface area (Å²) in [7, 11) is 1.26. The molecular weight excluding hydrogens is 482 g/mol. The number of hydrogen-bond donors (Lipinski definition) is 2. The van der Waals surface area contributed by atoms with Crippen LogP contribution in [0.5, 0.6) is 5.75 Å². The summed E-state index contributed by atoms with van der Waals surface area (Å²) in [6, 6.07) is 9.22. The highest BCUT2D eigenvalue weighted by atomic mass is 35.5. The number of aliphatic hydroxyl groups is 1. The number of ether oxygens (including phenoxy) is 1. The van der Waals surface area contributed by atoms with Gasteiger partial charge in [0.05, 0.1) is 0 Å². The Hall–Kier alpha value is -3.37. The summed E-state index contributed by atoms with van der Waals surface area (Å²) in [5.74, 6) is -3.07. The third kappa shape index (κ3) is 4.64. The maximum Gasteiger partial charge on any atom is 0.511 e. The SMILES string of the molecule is CC(c1ccc(-c2ccc(F)c(OC(=O)O)c2)cc1Cl)C(O)(c1ccc(=O)n(C)c1)C(F)(F)F. The molecule has 34 heavy (non-hydrogen) atoms. The Morgan fingerprint density at radius 3 is 2.26 bits per heavy atom. The third-order valence-electron chi connectivity index (χ3n) is 5.51. The minimum absolute atomic E-state index is 0.0387. The van der Waals surface area contributed by atoms with Gasteiger partial charge in [-0.3, -0.25) is 4.79 Å². The van der Waals surface area contributed by atoms with Crippen molar-refractivity contribution in [3.63, 3.8) is 0 Å². The Kier molecular flexibility index (Phi) is 6.77. The van der Waals surface area contributed by atoms with Crippen LogP contribution in [0, 0.1) is 5.82 Å². The quantitative estimate of drug-likeness (QED) is 0.277. The summed E-state index contributed by atoms with van der Waals surface area (Å²) in [5.41, 5.74) is -3.86. The summed E-state index contributed by atoms with van der Waals surface area (Å²) in [6.07, 6.45) is -5.92. The Balaban J connectivity index is 2.07. The van der Waals surface area contributed by atoms with Crippen LogP contribution in [-0.4, -0.2) is 27.1 Å². The molecule has 0 aliphatic heterocycles. The van der Waals surface area contributed by atoms with Gasteiger partial charge in [-0.05, 0) is 41.0 Å². The topological polar surface area (TPSA) is 88.8 Å². The van der Waals surface area contributed by atoms with Crippen molar-refractivity contribution in [2.75, 3.05) is 0 Å². The Bertz CT molecular complexity index is 1310. The molecule has 3 aromatic rings. The van der Waals surface area contributed by atoms with Crippen LogP contribution in [0.2, 0.25) is 5.02 Å². The van der Waals surface area contributed by atoms with Crippen LogP contribution >= 0.6 is 11.6 Å². The van der Waals surface area contributed by atoms with E-state index >= 15 is 0 Å². The van der Waals surface area contributed by atoms with Gasteiger partial charge < -0.3 is 19.5 Å². The zero-order valence-corrected chi connectivity index (χ0v) is 18.5. The maximum absolute atomic E-state index is 14.1. The normalized spacial score (nSPS) is 14.4. The molecule has 3 rings (SSSR count). The second-order valence-corrected chi connectivity index (χ2v) is 8.01. The van der Waals surface area contributed by atoms with Crippen molar-refractivity contribution in [3.05, 3.63) is 87.0 Å². The summed E-state index contributed by atoms with van der Waals surface area (Å²) < 4.78 is 61.5. The Morgan fingerprint density at radius 2 is 1.71 bits per heavy atom. The van der Waals surface area contributed by atoms with Crippen molar-refractivity contribution in [1.29, 1.82) is 0 Å². The number of aromatic nitrogens is 1. The number of rotatable bonds is 5. The minimum atomic E-state index is -5.12. The lowest BCUT2D eigenvalue weighted by Gasteiger charge is -2.37. The first kappa shape index (κ1) is 25.3. The van der Waals surface area contributed by atoms with Crippen LogP contribution in [0.25, 0.3) is 11.1 Å². The highest BCUT2D eigenvalue weighted by molar-refractivity contribution is 6.31. The molecular formula is C23H18ClF4NO5. The van der Waals surface area contributed by atoms with Crippen molar-refractivity contribution >= 4 is 17.8 Å². The maximum atomic E-state index is 14.1. The average molecular weight is 500 g/mol. The van der Waals surface area contributed by atoms with Gasteiger partial charge >= 0.3 is 12.3 Å². The first-order chi connectivity index (χ1) is 15.8. The van der Waals surface area contributed by atoms with Crippen LogP contribution in [0.15, 0.2) is 59.5 Å². The molecule has 0 saturated carbocycles. The number of aryl methyl sites for hydroxylation is 1. The van der Waals surface area contributed by atoms with E-state index in [1.54, 1.807) is 0 Å². The highest BCUT2D eigenvalue weighted by Crippen LogP contribution is 2.49. The summed E-state index contributed by atoms with van der Waals surface area (Å²) in [4.78, 5) is 22.4. The lowest BCUT2D eigenvalue weighted by Crippen LogP contribution is -2.47. The Morgan fingerprint density at radius 1 is 1.09 bits per heavy atom. The standard InChI is InChI=1S/C23H18ClF4NO5/c1-12(22(33,23(26,27)28)15-5-8-20(30)29(2)11-15)16-6-3-13(9-17(16)24)14-4-7-18(25)19(10-14)34-21(31)32/h3-12,33H,1-2H3,(H,31,32). The molecule has 0 aliphatic rings. The molecule has 0 saturated heterocycles. The molecule has 180 valence electrons. The molecule has 1 aromatic heterocycles. The fourth-order valence-electron chi connectivity index (χ4n) is 3.62. The fraction of sp³-hybridized carbons (Fsp3) is 0.217. The number of pyridine rings is 1. The fourth-order valence-corrected chi connectivity index (χ4v) is 3.96. The first-order valence-electron chi connectivity index (χ1n) is 9.72. The predicted molar refractivity (Wildman–Crippen MR) is 116 cm³/mol. The first-order valence-corrected chi connectivity index (χ1v) is 10.1. The van der Waals surface area contributed by atoms with Crippen molar-refractivity contribution in [3.8, 4) is 16.9 Å². The average Bonchev–Trinajstić information content (AvgIpc) is 2.75. The number of nitrogens with zero attached hydrogens (tertiary/aromatic N) is 1. The zero-order valence-electron chi connectivity index (χ0n) is 17.7. The lowest BCUT2D eigenvalue weighted by molar-refractivity contribution is -0.274. The van der Waals surface area contributed by atoms with E-state index in [4.69, 9.17) is 16.7 Å². The van der Waals surface area contributed by atoms with Crippen molar-refractivity contribution < 1.29 is 37.3 Å². The van der Waals surface area contributed by atoms with Gasteiger partial charge in [-0.2, -0.15) is 13.2 Å². The Labute approximate surface area is 195 Å². The summed E-state index contributed by atoms with van der Waals surface area (Å²) >= 11 is 6.30. The minimum Gasteiger partial charge on any atom is -0.449 e. The van der Waals surface area contributed by atoms with Crippen molar-refractivity contribution in [2.24, 2.45) is 7.05 Å². The molecule has 0 radical (unpaired) electrons. The molecule has 11 heteroatoms. The van der Waals surface area contributed by atoms with Gasteiger partial charge in [0.15, 0.2) is 17.2 Å². The second-order valence-electron chi connectivity index (χ2n) is 7.60. The smallest absolute Gasteiger partial charge is 0.449 e. The number of halogens is 5. The van der Waals surface area contributed by atoms with Gasteiger partial charge in [0.1, 0.15) is 0 Å². The summed E-state index contributed by atoms with van der Waals surface area (Å²) in [6.45, 7) is 1.15. The highest BCUT2D eigenvalue weighted by Gasteiger charge is 2.59. The number of alkyl halides is 3. The van der Waals surface area contributed by atoms with Gasteiger partial charge in [-0.25, -0.2) is 9.18 Å². The molecule has 1 heterocycles. The molecule has 2 N–H and O–H groups in total. The van der Waals surface area contributed by atoms with E-state index < -0.39 is 46.5 Å². The molecule has 0 aliphatic carbocycles. The van der Waals surface area contributed by atoms with Crippen LogP contribution in [-0.2, 0) is 12.6 Å². The van der Waals surface area contributed by atoms with Crippen LogP contribution in [0.3, 0.4) is 0 Å². The van der Waals surface area contributed by atoms with E-state index in [2.05, 4.69) is 4.74 Å². The van der Waals surface area contributed by atoms with Gasteiger partial charge in [0, 0.05) is 35.8 Å². The molecule has 2 unspecified atom stereocenters. The number of carboxylic acid groups (broad SMARTS) is 1. The molecule has 0 bridgehead atoms. The molecule has 2 aromatic carbocycles. The van der Waals surface area contributed by atoms with E-state index in [0.29, 0.717) is 11.1 Å². The zero-order chi connectivity index (χ0) is 25.4. The van der Waals surface area contributed by atoms with Crippen LogP contribution in [0.4, 0.5) is 22.4 Å². The number of benzene rings is 2. The van der Waals surface area contributed by atoms with Gasteiger partial charge in [-0.1, -0.05) is 36.7 Å². The predicted octanol–water partition coefficient (Wildman–Crippen LogP) is 5.46. The summed E-state index contributed by atoms with van der Waals surface area (Å²) in [5, 5.41) is 19.5. The second kappa shape index (κ2) is 9.11. The monoisotopic (exact) mass is 499 g/mol.